The van der Waals surface area contributed by atoms with Crippen molar-refractivity contribution in [2.24, 2.45) is 11.5 Å². The van der Waals surface area contributed by atoms with Gasteiger partial charge in [-0.05, 0) is 35.4 Å². The lowest BCUT2D eigenvalue weighted by Crippen LogP contribution is -2.52. The molecule has 0 fully saturated rings. The molecule has 0 amide bonds. The van der Waals surface area contributed by atoms with Crippen LogP contribution in [0.5, 0.6) is 11.5 Å². The minimum atomic E-state index is -1.48. The third kappa shape index (κ3) is 6.27. The molecule has 7 heteroatoms. The van der Waals surface area contributed by atoms with Gasteiger partial charge >= 0.3 is 11.9 Å². The van der Waals surface area contributed by atoms with Crippen molar-refractivity contribution in [3.63, 3.8) is 0 Å². The molecule has 0 aliphatic carbocycles. The molecule has 4 aromatic carbocycles. The summed E-state index contributed by atoms with van der Waals surface area (Å²) in [5.74, 6) is -0.183. The molecule has 0 saturated carbocycles. The number of carbonyl (C=O) groups excluding carboxylic acids is 2. The van der Waals surface area contributed by atoms with Gasteiger partial charge in [0.15, 0.2) is 0 Å². The van der Waals surface area contributed by atoms with Crippen LogP contribution in [0.3, 0.4) is 0 Å². The summed E-state index contributed by atoms with van der Waals surface area (Å²) < 4.78 is 11.3. The number of nitrogens with two attached hydrogens (primary N) is 2. The van der Waals surface area contributed by atoms with E-state index in [0.717, 1.165) is 0 Å². The Morgan fingerprint density at radius 1 is 0.541 bits per heavy atom. The summed E-state index contributed by atoms with van der Waals surface area (Å²) in [6.07, 6.45) is 0. The normalized spacial score (nSPS) is 14.1. The lowest BCUT2D eigenvalue weighted by atomic mass is 9.93. The van der Waals surface area contributed by atoms with Gasteiger partial charge in [-0.3, -0.25) is 0 Å². The zero-order chi connectivity index (χ0) is 26.1. The van der Waals surface area contributed by atoms with Crippen molar-refractivity contribution in [1.82, 2.24) is 0 Å². The SMILES string of the molecule is NC(CSCC(N)(C(=O)Oc1ccccc1)c1ccccc1)(C(=O)Oc1ccccc1)c1ccccc1. The number of para-hydroxylation sites is 2. The third-order valence-corrected chi connectivity index (χ3v) is 7.19. The highest BCUT2D eigenvalue weighted by atomic mass is 32.2. The molecule has 0 aliphatic heterocycles. The number of esters is 2. The summed E-state index contributed by atoms with van der Waals surface area (Å²) in [5, 5.41) is 0. The first-order chi connectivity index (χ1) is 17.9. The predicted octanol–water partition coefficient (Wildman–Crippen LogP) is 4.64. The fourth-order valence-electron chi connectivity index (χ4n) is 3.74. The van der Waals surface area contributed by atoms with E-state index >= 15 is 0 Å². The number of carbonyl (C=O) groups is 2. The van der Waals surface area contributed by atoms with Gasteiger partial charge in [0.25, 0.3) is 0 Å². The van der Waals surface area contributed by atoms with E-state index in [1.807, 2.05) is 48.5 Å². The molecule has 0 aromatic heterocycles. The Labute approximate surface area is 220 Å². The highest BCUT2D eigenvalue weighted by Crippen LogP contribution is 2.31. The Hall–Kier alpha value is -3.91. The standard InChI is InChI=1S/C30H28N2O4S/c31-29(23-13-5-1-6-14-23,27(33)35-25-17-9-3-10-18-25)21-37-22-30(32,24-15-7-2-8-16-24)28(34)36-26-19-11-4-12-20-26/h1-20H,21-22,31-32H2. The molecular formula is C30H28N2O4S. The second kappa shape index (κ2) is 11.9. The molecule has 188 valence electrons. The second-order valence-corrected chi connectivity index (χ2v) is 9.56. The summed E-state index contributed by atoms with van der Waals surface area (Å²) >= 11 is 1.28. The van der Waals surface area contributed by atoms with E-state index in [0.29, 0.717) is 22.6 Å². The molecule has 0 radical (unpaired) electrons. The maximum atomic E-state index is 13.4. The quantitative estimate of drug-likeness (QED) is 0.236. The molecular weight excluding hydrogens is 484 g/mol. The van der Waals surface area contributed by atoms with E-state index < -0.39 is 23.0 Å². The summed E-state index contributed by atoms with van der Waals surface area (Å²) in [6, 6.07) is 35.6. The molecule has 4 aromatic rings. The molecule has 6 nitrogen and oxygen atoms in total. The largest absolute Gasteiger partial charge is 0.425 e. The highest BCUT2D eigenvalue weighted by Gasteiger charge is 2.42. The second-order valence-electron chi connectivity index (χ2n) is 8.57. The zero-order valence-electron chi connectivity index (χ0n) is 20.2. The smallest absolute Gasteiger partial charge is 0.337 e. The van der Waals surface area contributed by atoms with Crippen LogP contribution in [0.1, 0.15) is 11.1 Å². The number of hydrogen-bond donors (Lipinski definition) is 2. The fraction of sp³-hybridized carbons (Fsp3) is 0.133. The Balaban J connectivity index is 1.57. The predicted molar refractivity (Wildman–Crippen MR) is 146 cm³/mol. The van der Waals surface area contributed by atoms with E-state index in [1.54, 1.807) is 72.8 Å². The molecule has 37 heavy (non-hydrogen) atoms. The van der Waals surface area contributed by atoms with Gasteiger partial charge in [-0.2, -0.15) is 11.8 Å². The van der Waals surface area contributed by atoms with Crippen LogP contribution in [-0.2, 0) is 20.7 Å². The van der Waals surface area contributed by atoms with Crippen LogP contribution >= 0.6 is 11.8 Å². The van der Waals surface area contributed by atoms with Crippen LogP contribution in [0.15, 0.2) is 121 Å². The summed E-state index contributed by atoms with van der Waals surface area (Å²) in [4.78, 5) is 26.7. The molecule has 0 saturated heterocycles. The average Bonchev–Trinajstić information content (AvgIpc) is 2.95. The van der Waals surface area contributed by atoms with Gasteiger partial charge in [-0.1, -0.05) is 97.1 Å². The number of thioether (sulfide) groups is 1. The third-order valence-electron chi connectivity index (χ3n) is 5.87. The van der Waals surface area contributed by atoms with Crippen molar-refractivity contribution in [2.45, 2.75) is 11.1 Å². The van der Waals surface area contributed by atoms with Crippen LogP contribution in [0.2, 0.25) is 0 Å². The Bertz CT molecular complexity index is 1200. The molecule has 2 atom stereocenters. The molecule has 0 bridgehead atoms. The van der Waals surface area contributed by atoms with Crippen molar-refractivity contribution in [3.05, 3.63) is 132 Å². The van der Waals surface area contributed by atoms with Crippen molar-refractivity contribution in [2.75, 3.05) is 11.5 Å². The average molecular weight is 513 g/mol. The summed E-state index contributed by atoms with van der Waals surface area (Å²) in [5.41, 5.74) is 11.7. The fourth-order valence-corrected chi connectivity index (χ4v) is 5.05. The van der Waals surface area contributed by atoms with Crippen molar-refractivity contribution >= 4 is 23.7 Å². The summed E-state index contributed by atoms with van der Waals surface area (Å²) in [7, 11) is 0. The van der Waals surface area contributed by atoms with E-state index in [9.17, 15) is 9.59 Å². The Morgan fingerprint density at radius 2 is 0.838 bits per heavy atom. The van der Waals surface area contributed by atoms with Crippen LogP contribution in [-0.4, -0.2) is 23.4 Å². The van der Waals surface area contributed by atoms with Gasteiger partial charge in [-0.15, -0.1) is 0 Å². The topological polar surface area (TPSA) is 105 Å². The molecule has 0 spiro atoms. The van der Waals surface area contributed by atoms with Crippen molar-refractivity contribution < 1.29 is 19.1 Å². The van der Waals surface area contributed by atoms with Crippen molar-refractivity contribution in [1.29, 1.82) is 0 Å². The number of benzene rings is 4. The van der Waals surface area contributed by atoms with Gasteiger partial charge in [-0.25, -0.2) is 9.59 Å². The van der Waals surface area contributed by atoms with Crippen LogP contribution < -0.4 is 20.9 Å². The molecule has 0 aliphatic rings. The van der Waals surface area contributed by atoms with Gasteiger partial charge in [0, 0.05) is 11.5 Å². The molecule has 4 N–H and O–H groups in total. The minimum Gasteiger partial charge on any atom is -0.425 e. The lowest BCUT2D eigenvalue weighted by Gasteiger charge is -2.31. The van der Waals surface area contributed by atoms with E-state index in [4.69, 9.17) is 20.9 Å². The van der Waals surface area contributed by atoms with Gasteiger partial charge in [0.05, 0.1) is 0 Å². The first-order valence-electron chi connectivity index (χ1n) is 11.7. The highest BCUT2D eigenvalue weighted by molar-refractivity contribution is 7.99. The first kappa shape index (κ1) is 26.2. The van der Waals surface area contributed by atoms with E-state index in [1.165, 1.54) is 11.8 Å². The number of rotatable bonds is 10. The molecule has 4 rings (SSSR count). The van der Waals surface area contributed by atoms with Crippen LogP contribution in [0, 0.1) is 0 Å². The van der Waals surface area contributed by atoms with Crippen LogP contribution in [0.4, 0.5) is 0 Å². The maximum absolute atomic E-state index is 13.4. The molecule has 0 heterocycles. The Morgan fingerprint density at radius 3 is 1.16 bits per heavy atom. The maximum Gasteiger partial charge on any atom is 0.337 e. The number of ether oxygens (including phenoxy) is 2. The van der Waals surface area contributed by atoms with E-state index in [2.05, 4.69) is 0 Å². The molecule has 2 unspecified atom stereocenters. The lowest BCUT2D eigenvalue weighted by molar-refractivity contribution is -0.140. The van der Waals surface area contributed by atoms with Gasteiger partial charge in [0.1, 0.15) is 22.6 Å². The van der Waals surface area contributed by atoms with E-state index in [-0.39, 0.29) is 11.5 Å². The van der Waals surface area contributed by atoms with Crippen LogP contribution in [0.25, 0.3) is 0 Å². The zero-order valence-corrected chi connectivity index (χ0v) is 21.0. The monoisotopic (exact) mass is 512 g/mol. The van der Waals surface area contributed by atoms with Gasteiger partial charge < -0.3 is 20.9 Å². The Kier molecular flexibility index (Phi) is 8.40. The van der Waals surface area contributed by atoms with Crippen molar-refractivity contribution in [3.8, 4) is 11.5 Å². The summed E-state index contributed by atoms with van der Waals surface area (Å²) in [6.45, 7) is 0. The minimum absolute atomic E-state index is 0.118. The number of hydrogen-bond acceptors (Lipinski definition) is 7. The van der Waals surface area contributed by atoms with Gasteiger partial charge in [0.2, 0.25) is 0 Å². The first-order valence-corrected chi connectivity index (χ1v) is 12.9.